The van der Waals surface area contributed by atoms with Gasteiger partial charge in [-0.25, -0.2) is 0 Å². The quantitative estimate of drug-likeness (QED) is 0.745. The van der Waals surface area contributed by atoms with Gasteiger partial charge in [-0.1, -0.05) is 33.1 Å². The van der Waals surface area contributed by atoms with Crippen molar-refractivity contribution in [2.24, 2.45) is 5.92 Å². The van der Waals surface area contributed by atoms with Crippen LogP contribution in [0.4, 0.5) is 0 Å². The molecule has 1 aliphatic rings. The maximum Gasteiger partial charge on any atom is 0.0201 e. The van der Waals surface area contributed by atoms with E-state index in [1.165, 1.54) is 44.3 Å². The molecule has 1 nitrogen and oxygen atoms in total. The van der Waals surface area contributed by atoms with E-state index in [1.807, 2.05) is 0 Å². The second-order valence-corrected chi connectivity index (χ2v) is 6.28. The van der Waals surface area contributed by atoms with E-state index in [-0.39, 0.29) is 0 Å². The molecule has 0 amide bonds. The molecule has 0 aromatic rings. The summed E-state index contributed by atoms with van der Waals surface area (Å²) in [6.07, 6.45) is 8.38. The average Bonchev–Trinajstić information content (AvgIpc) is 2.27. The van der Waals surface area contributed by atoms with Crippen LogP contribution in [0.1, 0.15) is 52.4 Å². The van der Waals surface area contributed by atoms with Gasteiger partial charge in [0.15, 0.2) is 0 Å². The smallest absolute Gasteiger partial charge is 0.0201 e. The molecule has 1 saturated heterocycles. The van der Waals surface area contributed by atoms with Gasteiger partial charge in [-0.3, -0.25) is 0 Å². The molecule has 1 N–H and O–H groups in total. The Morgan fingerprint density at radius 3 is 2.73 bits per heavy atom. The minimum atomic E-state index is 0.747. The summed E-state index contributed by atoms with van der Waals surface area (Å²) in [5, 5.41) is 4.42. The van der Waals surface area contributed by atoms with Gasteiger partial charge in [-0.15, -0.1) is 0 Å². The maximum absolute atomic E-state index is 3.54. The summed E-state index contributed by atoms with van der Waals surface area (Å²) in [7, 11) is 2.14. The van der Waals surface area contributed by atoms with E-state index in [4.69, 9.17) is 0 Å². The predicted octanol–water partition coefficient (Wildman–Crippen LogP) is 3.69. The highest BCUT2D eigenvalue weighted by Gasteiger charge is 2.23. The van der Waals surface area contributed by atoms with E-state index < -0.39 is 0 Å². The Morgan fingerprint density at radius 1 is 1.40 bits per heavy atom. The zero-order chi connectivity index (χ0) is 11.1. The SMILES string of the molecule is CCCC(C)CC(NC)C1CCCCS1. The third-order valence-corrected chi connectivity index (χ3v) is 4.99. The molecule has 0 saturated carbocycles. The van der Waals surface area contributed by atoms with Crippen LogP contribution < -0.4 is 5.32 Å². The first-order valence-corrected chi connectivity index (χ1v) is 7.61. The van der Waals surface area contributed by atoms with Gasteiger partial charge in [0.25, 0.3) is 0 Å². The normalized spacial score (nSPS) is 26.2. The Kier molecular flexibility index (Phi) is 6.74. The lowest BCUT2D eigenvalue weighted by Crippen LogP contribution is -2.38. The molecule has 15 heavy (non-hydrogen) atoms. The Balaban J connectivity index is 2.32. The van der Waals surface area contributed by atoms with Crippen LogP contribution in [0.25, 0.3) is 0 Å². The van der Waals surface area contributed by atoms with Crippen molar-refractivity contribution >= 4 is 11.8 Å². The first-order valence-electron chi connectivity index (χ1n) is 6.56. The topological polar surface area (TPSA) is 12.0 Å². The molecule has 0 bridgehead atoms. The van der Waals surface area contributed by atoms with Crippen molar-refractivity contribution in [2.75, 3.05) is 12.8 Å². The fourth-order valence-electron chi connectivity index (χ4n) is 2.58. The summed E-state index contributed by atoms with van der Waals surface area (Å²) < 4.78 is 0. The molecule has 0 spiro atoms. The average molecular weight is 229 g/mol. The van der Waals surface area contributed by atoms with Gasteiger partial charge < -0.3 is 5.32 Å². The number of thioether (sulfide) groups is 1. The van der Waals surface area contributed by atoms with Gasteiger partial charge in [-0.2, -0.15) is 11.8 Å². The lowest BCUT2D eigenvalue weighted by Gasteiger charge is -2.31. The number of hydrogen-bond acceptors (Lipinski definition) is 2. The van der Waals surface area contributed by atoms with Gasteiger partial charge >= 0.3 is 0 Å². The molecular formula is C13H27NS. The standard InChI is InChI=1S/C13H27NS/c1-4-7-11(2)10-12(14-3)13-8-5-6-9-15-13/h11-14H,4-10H2,1-3H3. The van der Waals surface area contributed by atoms with Crippen LogP contribution in [0.5, 0.6) is 0 Å². The largest absolute Gasteiger partial charge is 0.316 e. The van der Waals surface area contributed by atoms with Gasteiger partial charge in [-0.05, 0) is 38.0 Å². The molecule has 1 rings (SSSR count). The van der Waals surface area contributed by atoms with Gasteiger partial charge in [0.05, 0.1) is 0 Å². The molecule has 3 unspecified atom stereocenters. The van der Waals surface area contributed by atoms with Crippen LogP contribution >= 0.6 is 11.8 Å². The van der Waals surface area contributed by atoms with Crippen molar-refractivity contribution < 1.29 is 0 Å². The van der Waals surface area contributed by atoms with Crippen molar-refractivity contribution in [1.29, 1.82) is 0 Å². The summed E-state index contributed by atoms with van der Waals surface area (Å²) in [6, 6.07) is 0.747. The number of rotatable bonds is 6. The van der Waals surface area contributed by atoms with E-state index in [1.54, 1.807) is 0 Å². The molecule has 2 heteroatoms. The van der Waals surface area contributed by atoms with Crippen molar-refractivity contribution in [3.63, 3.8) is 0 Å². The Hall–Kier alpha value is 0.310. The molecule has 90 valence electrons. The van der Waals surface area contributed by atoms with Gasteiger partial charge in [0.2, 0.25) is 0 Å². The van der Waals surface area contributed by atoms with Crippen molar-refractivity contribution in [2.45, 2.75) is 63.7 Å². The molecule has 1 heterocycles. The molecule has 0 aliphatic carbocycles. The lowest BCUT2D eigenvalue weighted by atomic mass is 9.93. The summed E-state index contributed by atoms with van der Waals surface area (Å²) in [5.41, 5.74) is 0. The van der Waals surface area contributed by atoms with E-state index in [0.717, 1.165) is 17.2 Å². The molecule has 1 fully saturated rings. The predicted molar refractivity (Wildman–Crippen MR) is 71.6 cm³/mol. The minimum absolute atomic E-state index is 0.747. The highest BCUT2D eigenvalue weighted by molar-refractivity contribution is 8.00. The number of hydrogen-bond donors (Lipinski definition) is 1. The fourth-order valence-corrected chi connectivity index (χ4v) is 4.07. The van der Waals surface area contributed by atoms with E-state index in [0.29, 0.717) is 0 Å². The second kappa shape index (κ2) is 7.56. The second-order valence-electron chi connectivity index (χ2n) is 4.93. The summed E-state index contributed by atoms with van der Waals surface area (Å²) in [4.78, 5) is 0. The molecule has 0 aromatic heterocycles. The minimum Gasteiger partial charge on any atom is -0.316 e. The van der Waals surface area contributed by atoms with Crippen LogP contribution in [0, 0.1) is 5.92 Å². The third-order valence-electron chi connectivity index (χ3n) is 3.47. The van der Waals surface area contributed by atoms with E-state index in [9.17, 15) is 0 Å². The van der Waals surface area contributed by atoms with E-state index >= 15 is 0 Å². The molecular weight excluding hydrogens is 202 g/mol. The fraction of sp³-hybridized carbons (Fsp3) is 1.00. The van der Waals surface area contributed by atoms with Crippen molar-refractivity contribution in [1.82, 2.24) is 5.32 Å². The van der Waals surface area contributed by atoms with Crippen LogP contribution in [-0.2, 0) is 0 Å². The zero-order valence-corrected chi connectivity index (χ0v) is 11.4. The molecule has 1 aliphatic heterocycles. The van der Waals surface area contributed by atoms with Crippen LogP contribution in [0.15, 0.2) is 0 Å². The zero-order valence-electron chi connectivity index (χ0n) is 10.6. The monoisotopic (exact) mass is 229 g/mol. The van der Waals surface area contributed by atoms with Gasteiger partial charge in [0.1, 0.15) is 0 Å². The highest BCUT2D eigenvalue weighted by Crippen LogP contribution is 2.30. The molecule has 0 radical (unpaired) electrons. The maximum atomic E-state index is 3.54. The van der Waals surface area contributed by atoms with Crippen LogP contribution in [-0.4, -0.2) is 24.1 Å². The first kappa shape index (κ1) is 13.4. The molecule has 3 atom stereocenters. The first-order chi connectivity index (χ1) is 7.27. The van der Waals surface area contributed by atoms with E-state index in [2.05, 4.69) is 38.0 Å². The summed E-state index contributed by atoms with van der Waals surface area (Å²) >= 11 is 2.19. The molecule has 0 aromatic carbocycles. The Morgan fingerprint density at radius 2 is 2.20 bits per heavy atom. The Labute approximate surface area is 99.8 Å². The van der Waals surface area contributed by atoms with Gasteiger partial charge in [0, 0.05) is 11.3 Å². The van der Waals surface area contributed by atoms with Crippen LogP contribution in [0.2, 0.25) is 0 Å². The summed E-state index contributed by atoms with van der Waals surface area (Å²) in [5.74, 6) is 2.26. The van der Waals surface area contributed by atoms with Crippen molar-refractivity contribution in [3.05, 3.63) is 0 Å². The Bertz CT molecular complexity index is 155. The third kappa shape index (κ3) is 4.78. The van der Waals surface area contributed by atoms with Crippen LogP contribution in [0.3, 0.4) is 0 Å². The number of nitrogens with one attached hydrogen (secondary N) is 1. The summed E-state index contributed by atoms with van der Waals surface area (Å²) in [6.45, 7) is 4.70. The highest BCUT2D eigenvalue weighted by atomic mass is 32.2. The van der Waals surface area contributed by atoms with Crippen molar-refractivity contribution in [3.8, 4) is 0 Å². The lowest BCUT2D eigenvalue weighted by molar-refractivity contribution is 0.379.